The predicted molar refractivity (Wildman–Crippen MR) is 69.3 cm³/mol. The van der Waals surface area contributed by atoms with Gasteiger partial charge < -0.3 is 4.74 Å². The summed E-state index contributed by atoms with van der Waals surface area (Å²) < 4.78 is 28.7. The molecule has 0 saturated carbocycles. The average Bonchev–Trinajstić information content (AvgIpc) is 2.28. The Balaban J connectivity index is 2.41. The molecule has 0 atom stereocenters. The topological polar surface area (TPSA) is 69.2 Å². The van der Waals surface area contributed by atoms with Crippen LogP contribution in [0.2, 0.25) is 0 Å². The Labute approximate surface area is 116 Å². The van der Waals surface area contributed by atoms with E-state index in [2.05, 4.69) is 25.9 Å². The summed E-state index contributed by atoms with van der Waals surface area (Å²) in [6.45, 7) is 0. The maximum absolute atomic E-state index is 11.3. The molecule has 5 nitrogen and oxygen atoms in total. The van der Waals surface area contributed by atoms with Crippen molar-refractivity contribution in [2.45, 2.75) is 4.90 Å². The van der Waals surface area contributed by atoms with Crippen LogP contribution in [0.5, 0.6) is 11.6 Å². The normalized spacial score (nSPS) is 11.2. The molecule has 2 aromatic heterocycles. The van der Waals surface area contributed by atoms with Gasteiger partial charge in [0.15, 0.2) is 0 Å². The summed E-state index contributed by atoms with van der Waals surface area (Å²) in [6, 6.07) is 4.41. The Morgan fingerprint density at radius 3 is 2.78 bits per heavy atom. The highest BCUT2D eigenvalue weighted by Gasteiger charge is 2.18. The van der Waals surface area contributed by atoms with Gasteiger partial charge in [-0.15, -0.1) is 0 Å². The van der Waals surface area contributed by atoms with Crippen molar-refractivity contribution >= 4 is 35.7 Å². The average molecular weight is 350 g/mol. The van der Waals surface area contributed by atoms with E-state index in [1.165, 1.54) is 24.5 Å². The molecule has 2 heterocycles. The standard InChI is InChI=1S/C10H6BrClN2O3S/c11-7-4-8(6-13-5-7)17-10-9(18(12,15)16)2-1-3-14-10/h1-6H. The molecule has 8 heteroatoms. The van der Waals surface area contributed by atoms with E-state index in [-0.39, 0.29) is 10.8 Å². The number of pyridine rings is 2. The summed E-state index contributed by atoms with van der Waals surface area (Å²) in [4.78, 5) is 7.54. The van der Waals surface area contributed by atoms with E-state index < -0.39 is 9.05 Å². The van der Waals surface area contributed by atoms with Crippen LogP contribution in [0, 0.1) is 0 Å². The minimum Gasteiger partial charge on any atom is -0.436 e. The van der Waals surface area contributed by atoms with Crippen LogP contribution in [0.15, 0.2) is 46.2 Å². The van der Waals surface area contributed by atoms with Crippen LogP contribution in [0.3, 0.4) is 0 Å². The highest BCUT2D eigenvalue weighted by molar-refractivity contribution is 9.10. The number of nitrogens with zero attached hydrogens (tertiary/aromatic N) is 2. The summed E-state index contributed by atoms with van der Waals surface area (Å²) in [5.74, 6) is 0.261. The van der Waals surface area contributed by atoms with Gasteiger partial charge in [-0.3, -0.25) is 4.98 Å². The smallest absolute Gasteiger partial charge is 0.266 e. The lowest BCUT2D eigenvalue weighted by Crippen LogP contribution is -1.98. The fourth-order valence-electron chi connectivity index (χ4n) is 1.20. The van der Waals surface area contributed by atoms with Gasteiger partial charge in [0.05, 0.1) is 6.20 Å². The molecule has 0 spiro atoms. The summed E-state index contributed by atoms with van der Waals surface area (Å²) >= 11 is 3.23. The second-order valence-corrected chi connectivity index (χ2v) is 6.64. The summed E-state index contributed by atoms with van der Waals surface area (Å²) in [6.07, 6.45) is 4.42. The van der Waals surface area contributed by atoms with Crippen LogP contribution in [0.1, 0.15) is 0 Å². The molecule has 0 aliphatic heterocycles. The lowest BCUT2D eigenvalue weighted by atomic mass is 10.4. The Bertz CT molecular complexity index is 678. The maximum Gasteiger partial charge on any atom is 0.266 e. The Morgan fingerprint density at radius 1 is 1.33 bits per heavy atom. The summed E-state index contributed by atoms with van der Waals surface area (Å²) in [5, 5.41) is 0. The van der Waals surface area contributed by atoms with Crippen LogP contribution in [-0.4, -0.2) is 18.4 Å². The van der Waals surface area contributed by atoms with Gasteiger partial charge >= 0.3 is 0 Å². The van der Waals surface area contributed by atoms with Gasteiger partial charge in [0, 0.05) is 27.5 Å². The molecule has 0 N–H and O–H groups in total. The highest BCUT2D eigenvalue weighted by atomic mass is 79.9. The lowest BCUT2D eigenvalue weighted by molar-refractivity contribution is 0.445. The van der Waals surface area contributed by atoms with Crippen molar-refractivity contribution in [3.8, 4) is 11.6 Å². The Kier molecular flexibility index (Phi) is 3.84. The first-order valence-electron chi connectivity index (χ1n) is 4.65. The maximum atomic E-state index is 11.3. The SMILES string of the molecule is O=S(=O)(Cl)c1cccnc1Oc1cncc(Br)c1. The first-order chi connectivity index (χ1) is 8.47. The van der Waals surface area contributed by atoms with Crippen LogP contribution in [-0.2, 0) is 9.05 Å². The number of rotatable bonds is 3. The van der Waals surface area contributed by atoms with E-state index in [4.69, 9.17) is 15.4 Å². The minimum atomic E-state index is -3.91. The molecule has 94 valence electrons. The third-order valence-corrected chi connectivity index (χ3v) is 3.66. The second kappa shape index (κ2) is 5.21. The first-order valence-corrected chi connectivity index (χ1v) is 7.75. The Hall–Kier alpha value is -1.18. The molecule has 2 rings (SSSR count). The number of halogens is 2. The zero-order valence-corrected chi connectivity index (χ0v) is 11.9. The molecule has 0 radical (unpaired) electrons. The van der Waals surface area contributed by atoms with Crippen molar-refractivity contribution in [3.05, 3.63) is 41.3 Å². The van der Waals surface area contributed by atoms with Gasteiger partial charge in [-0.2, -0.15) is 0 Å². The number of aromatic nitrogens is 2. The lowest BCUT2D eigenvalue weighted by Gasteiger charge is -2.07. The van der Waals surface area contributed by atoms with Crippen LogP contribution < -0.4 is 4.74 Å². The van der Waals surface area contributed by atoms with Gasteiger partial charge in [0.1, 0.15) is 10.6 Å². The molecule has 0 fully saturated rings. The third-order valence-electron chi connectivity index (χ3n) is 1.89. The van der Waals surface area contributed by atoms with Crippen LogP contribution in [0.4, 0.5) is 0 Å². The molecule has 0 saturated heterocycles. The number of hydrogen-bond acceptors (Lipinski definition) is 5. The van der Waals surface area contributed by atoms with Crippen LogP contribution >= 0.6 is 26.6 Å². The highest BCUT2D eigenvalue weighted by Crippen LogP contribution is 2.29. The minimum absolute atomic E-state index is 0.0904. The van der Waals surface area contributed by atoms with E-state index in [0.29, 0.717) is 10.2 Å². The van der Waals surface area contributed by atoms with Crippen molar-refractivity contribution in [1.82, 2.24) is 9.97 Å². The quantitative estimate of drug-likeness (QED) is 0.797. The first kappa shape index (κ1) is 13.3. The van der Waals surface area contributed by atoms with Gasteiger partial charge in [-0.05, 0) is 34.1 Å². The second-order valence-electron chi connectivity index (χ2n) is 3.19. The van der Waals surface area contributed by atoms with E-state index >= 15 is 0 Å². The molecule has 0 bridgehead atoms. The van der Waals surface area contributed by atoms with Crippen molar-refractivity contribution in [1.29, 1.82) is 0 Å². The van der Waals surface area contributed by atoms with Crippen molar-refractivity contribution in [2.75, 3.05) is 0 Å². The van der Waals surface area contributed by atoms with Crippen molar-refractivity contribution in [2.24, 2.45) is 0 Å². The van der Waals surface area contributed by atoms with Crippen LogP contribution in [0.25, 0.3) is 0 Å². The summed E-state index contributed by atoms with van der Waals surface area (Å²) in [7, 11) is 1.38. The van der Waals surface area contributed by atoms with Crippen molar-refractivity contribution < 1.29 is 13.2 Å². The van der Waals surface area contributed by atoms with Gasteiger partial charge in [0.2, 0.25) is 5.88 Å². The monoisotopic (exact) mass is 348 g/mol. The molecular weight excluding hydrogens is 344 g/mol. The fourth-order valence-corrected chi connectivity index (χ4v) is 2.44. The molecular formula is C10H6BrClN2O3S. The molecule has 0 aliphatic rings. The number of hydrogen-bond donors (Lipinski definition) is 0. The fraction of sp³-hybridized carbons (Fsp3) is 0. The molecule has 0 amide bonds. The molecule has 0 aromatic carbocycles. The third kappa shape index (κ3) is 3.18. The molecule has 18 heavy (non-hydrogen) atoms. The summed E-state index contributed by atoms with van der Waals surface area (Å²) in [5.41, 5.74) is 0. The number of ether oxygens (including phenoxy) is 1. The van der Waals surface area contributed by atoms with Crippen molar-refractivity contribution in [3.63, 3.8) is 0 Å². The molecule has 0 aliphatic carbocycles. The van der Waals surface area contributed by atoms with E-state index in [1.54, 1.807) is 12.3 Å². The molecule has 2 aromatic rings. The van der Waals surface area contributed by atoms with E-state index in [0.717, 1.165) is 0 Å². The zero-order valence-electron chi connectivity index (χ0n) is 8.75. The zero-order chi connectivity index (χ0) is 13.2. The largest absolute Gasteiger partial charge is 0.436 e. The van der Waals surface area contributed by atoms with Gasteiger partial charge in [0.25, 0.3) is 9.05 Å². The predicted octanol–water partition coefficient (Wildman–Crippen LogP) is 2.96. The van der Waals surface area contributed by atoms with Gasteiger partial charge in [-0.25, -0.2) is 13.4 Å². The van der Waals surface area contributed by atoms with E-state index in [1.807, 2.05) is 0 Å². The van der Waals surface area contributed by atoms with Gasteiger partial charge in [-0.1, -0.05) is 0 Å². The van der Waals surface area contributed by atoms with E-state index in [9.17, 15) is 8.42 Å². The molecule has 0 unspecified atom stereocenters. The Morgan fingerprint density at radius 2 is 2.11 bits per heavy atom.